The topological polar surface area (TPSA) is 58.1 Å². The molecule has 0 aliphatic heterocycles. The number of aromatic nitrogens is 2. The van der Waals surface area contributed by atoms with Gasteiger partial charge in [-0.3, -0.25) is 4.79 Å². The smallest absolute Gasteiger partial charge is 0.355 e. The van der Waals surface area contributed by atoms with E-state index in [0.717, 1.165) is 53.9 Å². The van der Waals surface area contributed by atoms with Crippen LogP contribution < -0.4 is 10.2 Å². The van der Waals surface area contributed by atoms with E-state index in [1.165, 1.54) is 11.6 Å². The summed E-state index contributed by atoms with van der Waals surface area (Å²) in [6.45, 7) is 1.04. The predicted molar refractivity (Wildman–Crippen MR) is 147 cm³/mol. The third kappa shape index (κ3) is 7.06. The fraction of sp³-hybridized carbons (Fsp3) is 0.300. The van der Waals surface area contributed by atoms with Gasteiger partial charge in [-0.05, 0) is 60.7 Å². The van der Waals surface area contributed by atoms with Crippen molar-refractivity contribution in [2.45, 2.75) is 44.3 Å². The first kappa shape index (κ1) is 26.9. The first-order valence-electron chi connectivity index (χ1n) is 13.0. The summed E-state index contributed by atoms with van der Waals surface area (Å²) < 4.78 is 39.1. The van der Waals surface area contributed by atoms with Crippen molar-refractivity contribution in [3.8, 4) is 0 Å². The average Bonchev–Trinajstić information content (AvgIpc) is 3.77. The summed E-state index contributed by atoms with van der Waals surface area (Å²) in [4.78, 5) is 24.6. The molecule has 0 radical (unpaired) electrons. The van der Waals surface area contributed by atoms with E-state index in [1.807, 2.05) is 36.4 Å². The highest BCUT2D eigenvalue weighted by Gasteiger charge is 2.30. The molecule has 0 unspecified atom stereocenters. The zero-order chi connectivity index (χ0) is 27.4. The highest BCUT2D eigenvalue weighted by molar-refractivity contribution is 6.31. The molecule has 5 nitrogen and oxygen atoms in total. The van der Waals surface area contributed by atoms with E-state index in [9.17, 15) is 18.0 Å². The zero-order valence-corrected chi connectivity index (χ0v) is 22.0. The number of halogens is 4. The molecule has 1 heterocycles. The number of benzene rings is 3. The quantitative estimate of drug-likeness (QED) is 0.232. The summed E-state index contributed by atoms with van der Waals surface area (Å²) in [7, 11) is 0. The van der Waals surface area contributed by atoms with Crippen LogP contribution in [0.15, 0.2) is 72.8 Å². The van der Waals surface area contributed by atoms with Crippen molar-refractivity contribution in [3.63, 3.8) is 0 Å². The Labute approximate surface area is 230 Å². The molecule has 0 bridgehead atoms. The molecule has 1 aromatic heterocycles. The number of amides is 1. The van der Waals surface area contributed by atoms with E-state index in [-0.39, 0.29) is 18.9 Å². The third-order valence-electron chi connectivity index (χ3n) is 6.76. The summed E-state index contributed by atoms with van der Waals surface area (Å²) in [6, 6.07) is 20.6. The molecule has 39 heavy (non-hydrogen) atoms. The Morgan fingerprint density at radius 3 is 2.46 bits per heavy atom. The van der Waals surface area contributed by atoms with Crippen molar-refractivity contribution in [1.29, 1.82) is 0 Å². The number of anilines is 1. The minimum absolute atomic E-state index is 0.0214. The molecule has 1 aliphatic rings. The predicted octanol–water partition coefficient (Wildman–Crippen LogP) is 6.94. The molecule has 1 aliphatic carbocycles. The lowest BCUT2D eigenvalue weighted by Crippen LogP contribution is -2.33. The minimum atomic E-state index is -4.43. The molecule has 9 heteroatoms. The van der Waals surface area contributed by atoms with E-state index in [4.69, 9.17) is 21.6 Å². The van der Waals surface area contributed by atoms with Crippen molar-refractivity contribution >= 4 is 34.2 Å². The maximum Gasteiger partial charge on any atom is 0.416 e. The fourth-order valence-electron chi connectivity index (χ4n) is 4.48. The second kappa shape index (κ2) is 11.6. The van der Waals surface area contributed by atoms with Gasteiger partial charge in [0.15, 0.2) is 0 Å². The summed E-state index contributed by atoms with van der Waals surface area (Å²) in [5, 5.41) is 4.22. The average molecular weight is 553 g/mol. The molecule has 1 fully saturated rings. The molecule has 1 N–H and O–H groups in total. The SMILES string of the molecule is O=C(CCN(CCc1ccccc1)c1nc(C2CC2)nc2cc(Cl)ccc12)NCc1cccc(C(F)(F)F)c1. The van der Waals surface area contributed by atoms with Gasteiger partial charge in [0, 0.05) is 42.4 Å². The van der Waals surface area contributed by atoms with Gasteiger partial charge >= 0.3 is 6.18 Å². The highest BCUT2D eigenvalue weighted by Crippen LogP contribution is 2.40. The lowest BCUT2D eigenvalue weighted by molar-refractivity contribution is -0.137. The van der Waals surface area contributed by atoms with E-state index in [2.05, 4.69) is 22.3 Å². The molecule has 1 amide bonds. The fourth-order valence-corrected chi connectivity index (χ4v) is 4.65. The zero-order valence-electron chi connectivity index (χ0n) is 21.2. The second-order valence-electron chi connectivity index (χ2n) is 9.79. The van der Waals surface area contributed by atoms with E-state index in [1.54, 1.807) is 6.07 Å². The maximum absolute atomic E-state index is 13.0. The number of carbonyl (C=O) groups is 1. The Hall–Kier alpha value is -3.65. The van der Waals surface area contributed by atoms with Gasteiger partial charge in [0.05, 0.1) is 11.1 Å². The van der Waals surface area contributed by atoms with E-state index in [0.29, 0.717) is 29.6 Å². The second-order valence-corrected chi connectivity index (χ2v) is 10.2. The van der Waals surface area contributed by atoms with Crippen molar-refractivity contribution in [2.75, 3.05) is 18.0 Å². The van der Waals surface area contributed by atoms with Crippen LogP contribution in [-0.2, 0) is 23.9 Å². The molecule has 4 aromatic rings. The number of rotatable bonds is 10. The number of carbonyl (C=O) groups excluding carboxylic acids is 1. The highest BCUT2D eigenvalue weighted by atomic mass is 35.5. The molecule has 1 saturated carbocycles. The van der Waals surface area contributed by atoms with Crippen LogP contribution in [0.2, 0.25) is 5.02 Å². The van der Waals surface area contributed by atoms with Crippen LogP contribution in [0.4, 0.5) is 19.0 Å². The van der Waals surface area contributed by atoms with Crippen LogP contribution in [-0.4, -0.2) is 29.0 Å². The Kier molecular flexibility index (Phi) is 8.02. The number of fused-ring (bicyclic) bond motifs is 1. The van der Waals surface area contributed by atoms with Crippen LogP contribution in [0.25, 0.3) is 10.9 Å². The molecule has 0 saturated heterocycles. The van der Waals surface area contributed by atoms with Gasteiger partial charge in [0.1, 0.15) is 11.6 Å². The van der Waals surface area contributed by atoms with Gasteiger partial charge < -0.3 is 10.2 Å². The molecular formula is C30H28ClF3N4O. The molecule has 202 valence electrons. The van der Waals surface area contributed by atoms with Crippen LogP contribution in [0.5, 0.6) is 0 Å². The van der Waals surface area contributed by atoms with Crippen LogP contribution in [0, 0.1) is 0 Å². The van der Waals surface area contributed by atoms with Gasteiger partial charge in [-0.2, -0.15) is 13.2 Å². The lowest BCUT2D eigenvalue weighted by atomic mass is 10.1. The van der Waals surface area contributed by atoms with Crippen LogP contribution in [0.1, 0.15) is 47.7 Å². The number of hydrogen-bond donors (Lipinski definition) is 1. The lowest BCUT2D eigenvalue weighted by Gasteiger charge is -2.25. The standard InChI is InChI=1S/C30H28ClF3N4O/c31-24-11-12-25-26(18-24)36-28(22-9-10-22)37-29(25)38(15-13-20-5-2-1-3-6-20)16-14-27(39)35-19-21-7-4-8-23(17-21)30(32,33)34/h1-8,11-12,17-18,22H,9-10,13-16,19H2,(H,35,39). The van der Waals surface area contributed by atoms with Crippen molar-refractivity contribution in [3.05, 3.63) is 100 Å². The number of nitrogens with one attached hydrogen (secondary N) is 1. The summed E-state index contributed by atoms with van der Waals surface area (Å²) >= 11 is 6.27. The molecule has 3 aromatic carbocycles. The normalized spacial score (nSPS) is 13.4. The number of alkyl halides is 3. The summed E-state index contributed by atoms with van der Waals surface area (Å²) in [6.07, 6.45) is -1.42. The number of nitrogens with zero attached hydrogens (tertiary/aromatic N) is 3. The van der Waals surface area contributed by atoms with Crippen molar-refractivity contribution < 1.29 is 18.0 Å². The Morgan fingerprint density at radius 2 is 1.72 bits per heavy atom. The first-order chi connectivity index (χ1) is 18.8. The van der Waals surface area contributed by atoms with Crippen molar-refractivity contribution in [1.82, 2.24) is 15.3 Å². The monoisotopic (exact) mass is 552 g/mol. The van der Waals surface area contributed by atoms with E-state index >= 15 is 0 Å². The Balaban J connectivity index is 1.34. The van der Waals surface area contributed by atoms with Crippen LogP contribution in [0.3, 0.4) is 0 Å². The van der Waals surface area contributed by atoms with Gasteiger partial charge in [0.2, 0.25) is 5.91 Å². The van der Waals surface area contributed by atoms with Gasteiger partial charge in [0.25, 0.3) is 0 Å². The van der Waals surface area contributed by atoms with Gasteiger partial charge in [-0.25, -0.2) is 9.97 Å². The summed E-state index contributed by atoms with van der Waals surface area (Å²) in [5.41, 5.74) is 1.60. The van der Waals surface area contributed by atoms with Crippen molar-refractivity contribution in [2.24, 2.45) is 0 Å². The van der Waals surface area contributed by atoms with Gasteiger partial charge in [-0.1, -0.05) is 54.1 Å². The Bertz CT molecular complexity index is 1460. The van der Waals surface area contributed by atoms with E-state index < -0.39 is 11.7 Å². The third-order valence-corrected chi connectivity index (χ3v) is 7.00. The molecule has 5 rings (SSSR count). The first-order valence-corrected chi connectivity index (χ1v) is 13.3. The molecular weight excluding hydrogens is 525 g/mol. The molecule has 0 atom stereocenters. The molecule has 0 spiro atoms. The maximum atomic E-state index is 13.0. The number of hydrogen-bond acceptors (Lipinski definition) is 4. The minimum Gasteiger partial charge on any atom is -0.355 e. The largest absolute Gasteiger partial charge is 0.416 e. The van der Waals surface area contributed by atoms with Crippen LogP contribution >= 0.6 is 11.6 Å². The van der Waals surface area contributed by atoms with Gasteiger partial charge in [-0.15, -0.1) is 0 Å². The Morgan fingerprint density at radius 1 is 0.949 bits per heavy atom. The summed E-state index contributed by atoms with van der Waals surface area (Å²) in [5.74, 6) is 1.64.